The first-order valence-corrected chi connectivity index (χ1v) is 8.01. The van der Waals surface area contributed by atoms with Crippen LogP contribution in [0.4, 0.5) is 0 Å². The Bertz CT molecular complexity index is 727. The third-order valence-electron chi connectivity index (χ3n) is 2.71. The largest absolute Gasteiger partial charge is 0.456 e. The van der Waals surface area contributed by atoms with Gasteiger partial charge in [-0.3, -0.25) is 14.4 Å². The first kappa shape index (κ1) is 17.5. The molecule has 0 bridgehead atoms. The van der Waals surface area contributed by atoms with Crippen molar-refractivity contribution >= 4 is 52.2 Å². The van der Waals surface area contributed by atoms with E-state index in [1.54, 1.807) is 24.3 Å². The number of nitrogens with one attached hydrogen (secondary N) is 1. The van der Waals surface area contributed by atoms with Gasteiger partial charge in [0.15, 0.2) is 6.61 Å². The number of carbonyl (C=O) groups is 3. The quantitative estimate of drug-likeness (QED) is 0.624. The normalized spacial score (nSPS) is 10.2. The maximum Gasteiger partial charge on any atom is 0.325 e. The Morgan fingerprint density at radius 2 is 1.74 bits per heavy atom. The molecule has 1 amide bonds. The van der Waals surface area contributed by atoms with Crippen LogP contribution in [0, 0.1) is 0 Å². The Morgan fingerprint density at radius 1 is 1.04 bits per heavy atom. The number of thiophene rings is 1. The van der Waals surface area contributed by atoms with E-state index in [2.05, 4.69) is 5.32 Å². The van der Waals surface area contributed by atoms with Crippen LogP contribution in [0.2, 0.25) is 9.36 Å². The van der Waals surface area contributed by atoms with Gasteiger partial charge in [0, 0.05) is 10.6 Å². The van der Waals surface area contributed by atoms with Gasteiger partial charge < -0.3 is 10.1 Å². The molecule has 1 aromatic carbocycles. The summed E-state index contributed by atoms with van der Waals surface area (Å²) in [6.45, 7) is -0.730. The van der Waals surface area contributed by atoms with Crippen LogP contribution < -0.4 is 5.32 Å². The lowest BCUT2D eigenvalue weighted by Crippen LogP contribution is -2.31. The number of esters is 1. The highest BCUT2D eigenvalue weighted by atomic mass is 35.5. The molecule has 120 valence electrons. The Morgan fingerprint density at radius 3 is 2.35 bits per heavy atom. The van der Waals surface area contributed by atoms with Gasteiger partial charge in [-0.1, -0.05) is 23.2 Å². The Labute approximate surface area is 146 Å². The van der Waals surface area contributed by atoms with Crippen LogP contribution in [0.25, 0.3) is 0 Å². The third-order valence-corrected chi connectivity index (χ3v) is 4.24. The molecule has 1 aromatic heterocycles. The van der Waals surface area contributed by atoms with Gasteiger partial charge in [-0.2, -0.15) is 0 Å². The Kier molecular flexibility index (Phi) is 6.15. The Hall–Kier alpha value is -1.89. The molecule has 0 aliphatic heterocycles. The fraction of sp³-hybridized carbons (Fsp3) is 0.133. The number of ketones is 1. The number of ether oxygens (including phenoxy) is 1. The zero-order valence-electron chi connectivity index (χ0n) is 11.7. The highest BCUT2D eigenvalue weighted by Crippen LogP contribution is 2.21. The maximum atomic E-state index is 11.8. The topological polar surface area (TPSA) is 72.5 Å². The number of Topliss-reactive ketones (excluding diaryl/α,β-unsaturated/α-hetero) is 1. The van der Waals surface area contributed by atoms with Crippen molar-refractivity contribution < 1.29 is 19.1 Å². The van der Waals surface area contributed by atoms with Gasteiger partial charge in [-0.25, -0.2) is 0 Å². The van der Waals surface area contributed by atoms with Crippen LogP contribution >= 0.6 is 34.5 Å². The van der Waals surface area contributed by atoms with Gasteiger partial charge in [0.1, 0.15) is 6.54 Å². The number of halogens is 2. The van der Waals surface area contributed by atoms with Crippen molar-refractivity contribution in [3.8, 4) is 0 Å². The second-order valence-electron chi connectivity index (χ2n) is 4.38. The molecule has 2 aromatic rings. The standard InChI is InChI=1S/C15H11Cl2NO4S/c16-10-3-1-9(2-4-10)15(21)18-7-14(20)22-8-11(19)12-5-6-13(17)23-12/h1-6H,7-8H2,(H,18,21). The van der Waals surface area contributed by atoms with Gasteiger partial charge in [-0.05, 0) is 36.4 Å². The van der Waals surface area contributed by atoms with Crippen LogP contribution in [0.5, 0.6) is 0 Å². The number of amides is 1. The van der Waals surface area contributed by atoms with E-state index in [0.29, 0.717) is 19.8 Å². The molecule has 0 atom stereocenters. The summed E-state index contributed by atoms with van der Waals surface area (Å²) < 4.78 is 5.29. The number of rotatable bonds is 6. The van der Waals surface area contributed by atoms with E-state index in [0.717, 1.165) is 11.3 Å². The van der Waals surface area contributed by atoms with Gasteiger partial charge in [0.2, 0.25) is 5.78 Å². The molecule has 0 saturated carbocycles. The van der Waals surface area contributed by atoms with Gasteiger partial charge in [-0.15, -0.1) is 11.3 Å². The highest BCUT2D eigenvalue weighted by Gasteiger charge is 2.13. The van der Waals surface area contributed by atoms with E-state index in [9.17, 15) is 14.4 Å². The number of hydrogen-bond donors (Lipinski definition) is 1. The zero-order chi connectivity index (χ0) is 16.8. The molecule has 0 saturated heterocycles. The summed E-state index contributed by atoms with van der Waals surface area (Å²) in [6, 6.07) is 9.36. The smallest absolute Gasteiger partial charge is 0.325 e. The van der Waals surface area contributed by atoms with Crippen molar-refractivity contribution in [3.63, 3.8) is 0 Å². The fourth-order valence-corrected chi connectivity index (χ4v) is 2.68. The van der Waals surface area contributed by atoms with Crippen molar-refractivity contribution in [2.75, 3.05) is 13.2 Å². The minimum Gasteiger partial charge on any atom is -0.456 e. The summed E-state index contributed by atoms with van der Waals surface area (Å²) in [4.78, 5) is 35.5. The average Bonchev–Trinajstić information content (AvgIpc) is 2.97. The molecule has 0 spiro atoms. The molecule has 1 heterocycles. The minimum absolute atomic E-state index is 0.333. The van der Waals surface area contributed by atoms with E-state index >= 15 is 0 Å². The van der Waals surface area contributed by atoms with Gasteiger partial charge in [0.25, 0.3) is 5.91 Å². The predicted octanol–water partition coefficient (Wildman–Crippen LogP) is 3.21. The summed E-state index contributed by atoms with van der Waals surface area (Å²) in [5.74, 6) is -1.49. The lowest BCUT2D eigenvalue weighted by Gasteiger charge is -2.06. The molecule has 23 heavy (non-hydrogen) atoms. The van der Waals surface area contributed by atoms with Crippen molar-refractivity contribution in [2.45, 2.75) is 0 Å². The zero-order valence-corrected chi connectivity index (χ0v) is 14.0. The first-order valence-electron chi connectivity index (χ1n) is 6.43. The van der Waals surface area contributed by atoms with Crippen molar-refractivity contribution in [3.05, 3.63) is 56.2 Å². The van der Waals surface area contributed by atoms with E-state index < -0.39 is 18.5 Å². The highest BCUT2D eigenvalue weighted by molar-refractivity contribution is 7.18. The molecule has 0 unspecified atom stereocenters. The van der Waals surface area contributed by atoms with Crippen molar-refractivity contribution in [1.82, 2.24) is 5.32 Å². The summed E-state index contributed by atoms with van der Waals surface area (Å²) >= 11 is 12.6. The third kappa shape index (κ3) is 5.35. The SMILES string of the molecule is O=C(CNC(=O)c1ccc(Cl)cc1)OCC(=O)c1ccc(Cl)s1. The van der Waals surface area contributed by atoms with Gasteiger partial charge >= 0.3 is 5.97 Å². The predicted molar refractivity (Wildman–Crippen MR) is 88.4 cm³/mol. The maximum absolute atomic E-state index is 11.8. The molecule has 5 nitrogen and oxygen atoms in total. The Balaban J connectivity index is 1.75. The van der Waals surface area contributed by atoms with E-state index in [1.807, 2.05) is 0 Å². The van der Waals surface area contributed by atoms with Crippen LogP contribution in [0.1, 0.15) is 20.0 Å². The molecule has 0 radical (unpaired) electrons. The lowest BCUT2D eigenvalue weighted by molar-refractivity contribution is -0.141. The lowest BCUT2D eigenvalue weighted by atomic mass is 10.2. The number of carbonyl (C=O) groups excluding carboxylic acids is 3. The fourth-order valence-electron chi connectivity index (χ4n) is 1.59. The van der Waals surface area contributed by atoms with E-state index in [-0.39, 0.29) is 12.3 Å². The first-order chi connectivity index (χ1) is 11.0. The second kappa shape index (κ2) is 8.10. The minimum atomic E-state index is -0.705. The molecule has 8 heteroatoms. The number of benzene rings is 1. The van der Waals surface area contributed by atoms with Crippen molar-refractivity contribution in [2.24, 2.45) is 0 Å². The average molecular weight is 372 g/mol. The van der Waals surface area contributed by atoms with Crippen LogP contribution in [0.3, 0.4) is 0 Å². The monoisotopic (exact) mass is 371 g/mol. The molecule has 0 aliphatic carbocycles. The second-order valence-corrected chi connectivity index (χ2v) is 6.53. The van der Waals surface area contributed by atoms with Gasteiger partial charge in [0.05, 0.1) is 9.21 Å². The molecule has 0 fully saturated rings. The molecule has 2 rings (SSSR count). The number of hydrogen-bond acceptors (Lipinski definition) is 5. The molecular weight excluding hydrogens is 361 g/mol. The molecule has 1 N–H and O–H groups in total. The van der Waals surface area contributed by atoms with Crippen LogP contribution in [0.15, 0.2) is 36.4 Å². The van der Waals surface area contributed by atoms with Crippen LogP contribution in [-0.2, 0) is 9.53 Å². The summed E-state index contributed by atoms with van der Waals surface area (Å²) in [5.41, 5.74) is 0.367. The van der Waals surface area contributed by atoms with Crippen molar-refractivity contribution in [1.29, 1.82) is 0 Å². The van der Waals surface area contributed by atoms with Crippen LogP contribution in [-0.4, -0.2) is 30.8 Å². The molecular formula is C15H11Cl2NO4S. The summed E-state index contributed by atoms with van der Waals surface area (Å²) in [6.07, 6.45) is 0. The summed E-state index contributed by atoms with van der Waals surface area (Å²) in [7, 11) is 0. The molecule has 0 aliphatic rings. The van der Waals surface area contributed by atoms with E-state index in [4.69, 9.17) is 27.9 Å². The van der Waals surface area contributed by atoms with E-state index in [1.165, 1.54) is 12.1 Å². The summed E-state index contributed by atoms with van der Waals surface area (Å²) in [5, 5.41) is 2.91.